The molecule has 7 heteroatoms. The van der Waals surface area contributed by atoms with E-state index in [1.54, 1.807) is 36.4 Å². The summed E-state index contributed by atoms with van der Waals surface area (Å²) in [6.07, 6.45) is 1.43. The molecule has 27 heavy (non-hydrogen) atoms. The molecule has 0 aliphatic carbocycles. The van der Waals surface area contributed by atoms with E-state index in [1.165, 1.54) is 6.21 Å². The van der Waals surface area contributed by atoms with Crippen LogP contribution in [-0.2, 0) is 4.79 Å². The highest BCUT2D eigenvalue weighted by Gasteiger charge is 2.24. The molecule has 0 saturated heterocycles. The average Bonchev–Trinajstić information content (AvgIpc) is 2.60. The van der Waals surface area contributed by atoms with E-state index in [-0.39, 0.29) is 11.8 Å². The molecule has 0 spiro atoms. The Hall–Kier alpha value is -2.37. The van der Waals surface area contributed by atoms with Crippen molar-refractivity contribution in [3.63, 3.8) is 0 Å². The van der Waals surface area contributed by atoms with Crippen molar-refractivity contribution < 1.29 is 9.59 Å². The summed E-state index contributed by atoms with van der Waals surface area (Å²) in [5.41, 5.74) is 4.54. The molecule has 0 aromatic heterocycles. The van der Waals surface area contributed by atoms with Crippen LogP contribution in [0.1, 0.15) is 35.3 Å². The van der Waals surface area contributed by atoms with Crippen molar-refractivity contribution in [2.75, 3.05) is 0 Å². The van der Waals surface area contributed by atoms with E-state index in [2.05, 4.69) is 15.8 Å². The van der Waals surface area contributed by atoms with Gasteiger partial charge in [-0.25, -0.2) is 5.43 Å². The third-order valence-corrected chi connectivity index (χ3v) is 4.42. The molecule has 0 bridgehead atoms. The van der Waals surface area contributed by atoms with E-state index >= 15 is 0 Å². The molecule has 5 nitrogen and oxygen atoms in total. The maximum absolute atomic E-state index is 12.5. The van der Waals surface area contributed by atoms with Crippen molar-refractivity contribution in [1.29, 1.82) is 0 Å². The van der Waals surface area contributed by atoms with Crippen LogP contribution < -0.4 is 10.7 Å². The van der Waals surface area contributed by atoms with Crippen LogP contribution in [0.4, 0.5) is 0 Å². The normalized spacial score (nSPS) is 12.2. The number of benzene rings is 2. The van der Waals surface area contributed by atoms with Crippen LogP contribution in [0, 0.1) is 12.8 Å². The van der Waals surface area contributed by atoms with Crippen LogP contribution in [-0.4, -0.2) is 24.1 Å². The fourth-order valence-electron chi connectivity index (χ4n) is 2.39. The van der Waals surface area contributed by atoms with E-state index in [0.29, 0.717) is 21.2 Å². The zero-order valence-electron chi connectivity index (χ0n) is 15.3. The Morgan fingerprint density at radius 1 is 1.11 bits per heavy atom. The van der Waals surface area contributed by atoms with Gasteiger partial charge >= 0.3 is 0 Å². The van der Waals surface area contributed by atoms with Crippen LogP contribution in [0.25, 0.3) is 0 Å². The van der Waals surface area contributed by atoms with Gasteiger partial charge in [0, 0.05) is 16.1 Å². The predicted octanol–water partition coefficient (Wildman–Crippen LogP) is 4.21. The van der Waals surface area contributed by atoms with Gasteiger partial charge in [0.05, 0.1) is 11.2 Å². The molecule has 0 aliphatic heterocycles. The van der Waals surface area contributed by atoms with Crippen molar-refractivity contribution in [2.45, 2.75) is 26.8 Å². The SMILES string of the molecule is Cc1cccc(C(=O)N[C@@H](C(=O)N/N=C\c2ccc(Cl)cc2Cl)C(C)C)c1. The zero-order chi connectivity index (χ0) is 20.0. The summed E-state index contributed by atoms with van der Waals surface area (Å²) in [5, 5.41) is 7.62. The molecular weight excluding hydrogens is 385 g/mol. The highest BCUT2D eigenvalue weighted by atomic mass is 35.5. The minimum absolute atomic E-state index is 0.118. The molecule has 0 saturated carbocycles. The smallest absolute Gasteiger partial charge is 0.262 e. The van der Waals surface area contributed by atoms with Crippen molar-refractivity contribution in [3.05, 3.63) is 69.2 Å². The number of halogens is 2. The fraction of sp³-hybridized carbons (Fsp3) is 0.250. The number of hydrogen-bond donors (Lipinski definition) is 2. The molecule has 2 amide bonds. The number of nitrogens with zero attached hydrogens (tertiary/aromatic N) is 1. The van der Waals surface area contributed by atoms with Gasteiger partial charge in [-0.05, 0) is 37.1 Å². The first kappa shape index (κ1) is 20.9. The molecule has 2 N–H and O–H groups in total. The topological polar surface area (TPSA) is 70.6 Å². The lowest BCUT2D eigenvalue weighted by Gasteiger charge is -2.20. The Balaban J connectivity index is 2.04. The molecule has 2 aromatic rings. The second-order valence-corrected chi connectivity index (χ2v) is 7.31. The lowest BCUT2D eigenvalue weighted by Crippen LogP contribution is -2.48. The number of hydrogen-bond acceptors (Lipinski definition) is 3. The Morgan fingerprint density at radius 2 is 1.85 bits per heavy atom. The second-order valence-electron chi connectivity index (χ2n) is 6.46. The van der Waals surface area contributed by atoms with E-state index in [9.17, 15) is 9.59 Å². The van der Waals surface area contributed by atoms with Gasteiger partial charge in [-0.15, -0.1) is 0 Å². The first-order valence-electron chi connectivity index (χ1n) is 8.43. The third kappa shape index (κ3) is 6.08. The van der Waals surface area contributed by atoms with Gasteiger partial charge in [-0.2, -0.15) is 5.10 Å². The molecule has 0 fully saturated rings. The first-order valence-corrected chi connectivity index (χ1v) is 9.19. The van der Waals surface area contributed by atoms with Gasteiger partial charge in [-0.1, -0.05) is 60.8 Å². The van der Waals surface area contributed by atoms with Crippen LogP contribution in [0.5, 0.6) is 0 Å². The maximum atomic E-state index is 12.5. The molecule has 1 atom stereocenters. The number of hydrazone groups is 1. The van der Waals surface area contributed by atoms with Crippen LogP contribution in [0.2, 0.25) is 10.0 Å². The highest BCUT2D eigenvalue weighted by Crippen LogP contribution is 2.19. The summed E-state index contributed by atoms with van der Waals surface area (Å²) in [6, 6.07) is 11.4. The largest absolute Gasteiger partial charge is 0.340 e. The standard InChI is InChI=1S/C20H21Cl2N3O2/c1-12(2)18(24-19(26)14-6-4-5-13(3)9-14)20(27)25-23-11-15-7-8-16(21)10-17(15)22/h4-12,18H,1-3H3,(H,24,26)(H,25,27)/b23-11-/t18-/m1/s1. The van der Waals surface area contributed by atoms with E-state index < -0.39 is 11.9 Å². The Labute approximate surface area is 168 Å². The molecule has 2 aromatic carbocycles. The zero-order valence-corrected chi connectivity index (χ0v) is 16.8. The summed E-state index contributed by atoms with van der Waals surface area (Å²) in [4.78, 5) is 24.9. The Morgan fingerprint density at radius 3 is 2.48 bits per heavy atom. The monoisotopic (exact) mass is 405 g/mol. The number of carbonyl (C=O) groups excluding carboxylic acids is 2. The van der Waals surface area contributed by atoms with Crippen molar-refractivity contribution in [1.82, 2.24) is 10.7 Å². The summed E-state index contributed by atoms with van der Waals surface area (Å²) in [7, 11) is 0. The first-order chi connectivity index (χ1) is 12.8. The lowest BCUT2D eigenvalue weighted by atomic mass is 10.0. The van der Waals surface area contributed by atoms with E-state index in [0.717, 1.165) is 5.56 Å². The molecule has 2 rings (SSSR count). The third-order valence-electron chi connectivity index (χ3n) is 3.86. The molecule has 0 aliphatic rings. The Bertz CT molecular complexity index is 866. The lowest BCUT2D eigenvalue weighted by molar-refractivity contribution is -0.123. The quantitative estimate of drug-likeness (QED) is 0.558. The van der Waals surface area contributed by atoms with E-state index in [1.807, 2.05) is 26.8 Å². The van der Waals surface area contributed by atoms with Crippen LogP contribution >= 0.6 is 23.2 Å². The number of rotatable bonds is 6. The van der Waals surface area contributed by atoms with E-state index in [4.69, 9.17) is 23.2 Å². The Kier molecular flexibility index (Phi) is 7.39. The molecule has 142 valence electrons. The van der Waals surface area contributed by atoms with Gasteiger partial charge in [0.2, 0.25) is 0 Å². The fourth-order valence-corrected chi connectivity index (χ4v) is 2.84. The molecule has 0 radical (unpaired) electrons. The van der Waals surface area contributed by atoms with Crippen molar-refractivity contribution >= 4 is 41.2 Å². The van der Waals surface area contributed by atoms with Gasteiger partial charge in [0.25, 0.3) is 11.8 Å². The van der Waals surface area contributed by atoms with Crippen LogP contribution in [0.3, 0.4) is 0 Å². The summed E-state index contributed by atoms with van der Waals surface area (Å²) in [5.74, 6) is -0.835. The number of nitrogens with one attached hydrogen (secondary N) is 2. The van der Waals surface area contributed by atoms with Gasteiger partial charge < -0.3 is 5.32 Å². The van der Waals surface area contributed by atoms with Crippen molar-refractivity contribution in [2.24, 2.45) is 11.0 Å². The number of aryl methyl sites for hydroxylation is 1. The highest BCUT2D eigenvalue weighted by molar-refractivity contribution is 6.36. The second kappa shape index (κ2) is 9.53. The predicted molar refractivity (Wildman–Crippen MR) is 109 cm³/mol. The average molecular weight is 406 g/mol. The minimum atomic E-state index is -0.726. The summed E-state index contributed by atoms with van der Waals surface area (Å²) >= 11 is 11.9. The van der Waals surface area contributed by atoms with Crippen LogP contribution in [0.15, 0.2) is 47.6 Å². The van der Waals surface area contributed by atoms with Gasteiger partial charge in [0.1, 0.15) is 6.04 Å². The summed E-state index contributed by atoms with van der Waals surface area (Å²) < 4.78 is 0. The minimum Gasteiger partial charge on any atom is -0.340 e. The number of amides is 2. The molecular formula is C20H21Cl2N3O2. The van der Waals surface area contributed by atoms with Crippen molar-refractivity contribution in [3.8, 4) is 0 Å². The summed E-state index contributed by atoms with van der Waals surface area (Å²) in [6.45, 7) is 5.60. The number of carbonyl (C=O) groups is 2. The van der Waals surface area contributed by atoms with Gasteiger partial charge in [-0.3, -0.25) is 9.59 Å². The van der Waals surface area contributed by atoms with Gasteiger partial charge in [0.15, 0.2) is 0 Å². The maximum Gasteiger partial charge on any atom is 0.262 e. The molecule has 0 unspecified atom stereocenters. The molecule has 0 heterocycles.